The van der Waals surface area contributed by atoms with Crippen LogP contribution in [0.1, 0.15) is 28.2 Å². The Bertz CT molecular complexity index is 1420. The van der Waals surface area contributed by atoms with E-state index < -0.39 is 11.6 Å². The van der Waals surface area contributed by atoms with Gasteiger partial charge >= 0.3 is 0 Å². The lowest BCUT2D eigenvalue weighted by Gasteiger charge is -2.42. The molecule has 180 valence electrons. The van der Waals surface area contributed by atoms with Crippen LogP contribution in [0.15, 0.2) is 121 Å². The van der Waals surface area contributed by atoms with Gasteiger partial charge in [-0.3, -0.25) is 0 Å². The Balaban J connectivity index is 1.63. The topological polar surface area (TPSA) is 110 Å². The van der Waals surface area contributed by atoms with Crippen molar-refractivity contribution in [3.8, 4) is 0 Å². The van der Waals surface area contributed by atoms with Crippen LogP contribution in [0.4, 0.5) is 11.4 Å². The minimum Gasteiger partial charge on any atom is -0.505 e. The molecule has 0 aromatic heterocycles. The lowest BCUT2D eigenvalue weighted by Crippen LogP contribution is -2.58. The summed E-state index contributed by atoms with van der Waals surface area (Å²) in [5.74, 6) is -0.603. The van der Waals surface area contributed by atoms with Gasteiger partial charge in [-0.1, -0.05) is 90.5 Å². The molecule has 0 fully saturated rings. The van der Waals surface area contributed by atoms with Crippen molar-refractivity contribution < 1.29 is 5.11 Å². The maximum atomic E-state index is 11.5. The lowest BCUT2D eigenvalue weighted by molar-refractivity contribution is 0.396. The van der Waals surface area contributed by atoms with E-state index in [1.807, 2.05) is 97.1 Å². The second kappa shape index (κ2) is 9.38. The number of nitrogens with one attached hydrogen (secondary N) is 1. The number of anilines is 2. The number of allylic oxidation sites excluding steroid dienone is 1. The molecule has 0 saturated heterocycles. The van der Waals surface area contributed by atoms with Crippen LogP contribution in [-0.2, 0) is 0 Å². The molecule has 0 radical (unpaired) electrons. The molecule has 8 N–H and O–H groups in total. The summed E-state index contributed by atoms with van der Waals surface area (Å²) in [5, 5.41) is 14.9. The lowest BCUT2D eigenvalue weighted by atomic mass is 9.70. The first-order valence-corrected chi connectivity index (χ1v) is 11.9. The summed E-state index contributed by atoms with van der Waals surface area (Å²) < 4.78 is 0. The molecular weight excluding hydrogens is 444 g/mol. The Morgan fingerprint density at radius 2 is 1.22 bits per heavy atom. The summed E-state index contributed by atoms with van der Waals surface area (Å²) in [4.78, 5) is 0. The molecule has 4 aromatic rings. The van der Waals surface area contributed by atoms with Gasteiger partial charge in [0, 0.05) is 22.5 Å². The van der Waals surface area contributed by atoms with Crippen molar-refractivity contribution in [2.24, 2.45) is 17.2 Å². The fourth-order valence-electron chi connectivity index (χ4n) is 4.92. The normalized spacial score (nSPS) is 17.2. The number of aryl methyl sites for hydroxylation is 1. The molecule has 0 amide bonds. The molecule has 1 aliphatic carbocycles. The maximum absolute atomic E-state index is 11.5. The number of aliphatic hydroxyl groups excluding tert-OH is 1. The van der Waals surface area contributed by atoms with Gasteiger partial charge in [-0.15, -0.1) is 0 Å². The molecule has 0 heterocycles. The van der Waals surface area contributed by atoms with E-state index in [1.54, 1.807) is 0 Å². The van der Waals surface area contributed by atoms with E-state index in [1.165, 1.54) is 5.56 Å². The van der Waals surface area contributed by atoms with Crippen LogP contribution in [0.3, 0.4) is 0 Å². The van der Waals surface area contributed by atoms with Crippen molar-refractivity contribution in [3.63, 3.8) is 0 Å². The van der Waals surface area contributed by atoms with Crippen molar-refractivity contribution in [1.82, 2.24) is 0 Å². The van der Waals surface area contributed by atoms with Gasteiger partial charge in [-0.2, -0.15) is 0 Å². The van der Waals surface area contributed by atoms with Crippen LogP contribution in [0.2, 0.25) is 0 Å². The van der Waals surface area contributed by atoms with Crippen LogP contribution < -0.4 is 22.5 Å². The molecule has 1 atom stereocenters. The van der Waals surface area contributed by atoms with Gasteiger partial charge in [-0.25, -0.2) is 0 Å². The van der Waals surface area contributed by atoms with Gasteiger partial charge in [0.2, 0.25) is 0 Å². The molecule has 5 rings (SSSR count). The number of benzene rings is 4. The van der Waals surface area contributed by atoms with Gasteiger partial charge in [0.1, 0.15) is 11.4 Å². The van der Waals surface area contributed by atoms with E-state index in [-0.39, 0.29) is 11.5 Å². The van der Waals surface area contributed by atoms with E-state index in [0.717, 1.165) is 28.1 Å². The summed E-state index contributed by atoms with van der Waals surface area (Å²) in [6.07, 6.45) is 0. The smallest absolute Gasteiger partial charge is 0.143 e. The SMILES string of the molecule is Cc1ccc(Nc2ccc(C3=C(c4ccccc4)C(N)(N)C(c4ccccc4)C(N)=C3O)cc2)cc1. The summed E-state index contributed by atoms with van der Waals surface area (Å²) in [5.41, 5.74) is 26.1. The molecule has 0 aliphatic heterocycles. The van der Waals surface area contributed by atoms with Gasteiger partial charge < -0.3 is 27.6 Å². The highest BCUT2D eigenvalue weighted by molar-refractivity contribution is 6.03. The summed E-state index contributed by atoms with van der Waals surface area (Å²) in [6, 6.07) is 35.3. The van der Waals surface area contributed by atoms with Crippen LogP contribution >= 0.6 is 0 Å². The van der Waals surface area contributed by atoms with Crippen molar-refractivity contribution in [2.75, 3.05) is 5.32 Å². The highest BCUT2D eigenvalue weighted by Crippen LogP contribution is 2.48. The quantitative estimate of drug-likeness (QED) is 0.235. The fourth-order valence-corrected chi connectivity index (χ4v) is 4.92. The van der Waals surface area contributed by atoms with E-state index in [2.05, 4.69) is 24.4 Å². The third-order valence-electron chi connectivity index (χ3n) is 6.69. The number of hydrogen-bond donors (Lipinski definition) is 5. The standard InChI is InChI=1S/C31H30N4O/c1-20-12-16-24(17-13-20)35-25-18-14-21(15-19-25)26-27(22-8-4-2-5-9-22)31(33,34)28(29(32)30(26)36)23-10-6-3-7-11-23/h2-19,28,35-36H,32-34H2,1H3. The zero-order valence-electron chi connectivity index (χ0n) is 20.1. The maximum Gasteiger partial charge on any atom is 0.143 e. The molecular formula is C31H30N4O. The molecule has 5 heteroatoms. The van der Waals surface area contributed by atoms with Crippen molar-refractivity contribution in [2.45, 2.75) is 18.5 Å². The van der Waals surface area contributed by atoms with E-state index >= 15 is 0 Å². The van der Waals surface area contributed by atoms with Crippen LogP contribution in [0.25, 0.3) is 11.1 Å². The fraction of sp³-hybridized carbons (Fsp3) is 0.0968. The number of nitrogens with two attached hydrogens (primary N) is 3. The number of hydrogen-bond acceptors (Lipinski definition) is 5. The summed E-state index contributed by atoms with van der Waals surface area (Å²) >= 11 is 0. The average molecular weight is 475 g/mol. The Labute approximate surface area is 211 Å². The second-order valence-corrected chi connectivity index (χ2v) is 9.27. The van der Waals surface area contributed by atoms with Gasteiger partial charge in [-0.05, 0) is 47.9 Å². The monoisotopic (exact) mass is 474 g/mol. The minimum absolute atomic E-state index is 0.00604. The van der Waals surface area contributed by atoms with Crippen molar-refractivity contribution in [3.05, 3.63) is 143 Å². The Morgan fingerprint density at radius 1 is 0.694 bits per heavy atom. The average Bonchev–Trinajstić information content (AvgIpc) is 2.89. The Hall–Kier alpha value is -4.32. The largest absolute Gasteiger partial charge is 0.505 e. The van der Waals surface area contributed by atoms with E-state index in [0.29, 0.717) is 11.1 Å². The van der Waals surface area contributed by atoms with E-state index in [9.17, 15) is 5.11 Å². The zero-order valence-corrected chi connectivity index (χ0v) is 20.1. The highest BCUT2D eigenvalue weighted by atomic mass is 16.3. The third-order valence-corrected chi connectivity index (χ3v) is 6.69. The molecule has 1 aliphatic rings. The first kappa shape index (κ1) is 23.4. The molecule has 4 aromatic carbocycles. The molecule has 36 heavy (non-hydrogen) atoms. The predicted octanol–water partition coefficient (Wildman–Crippen LogP) is 5.79. The van der Waals surface area contributed by atoms with E-state index in [4.69, 9.17) is 17.2 Å². The van der Waals surface area contributed by atoms with Gasteiger partial charge in [0.05, 0.1) is 11.6 Å². The highest BCUT2D eigenvalue weighted by Gasteiger charge is 2.45. The molecule has 5 nitrogen and oxygen atoms in total. The van der Waals surface area contributed by atoms with Gasteiger partial charge in [0.25, 0.3) is 0 Å². The van der Waals surface area contributed by atoms with Gasteiger partial charge in [0.15, 0.2) is 0 Å². The molecule has 0 bridgehead atoms. The Morgan fingerprint density at radius 3 is 1.81 bits per heavy atom. The first-order chi connectivity index (χ1) is 17.4. The van der Waals surface area contributed by atoms with Crippen molar-refractivity contribution >= 4 is 22.5 Å². The summed E-state index contributed by atoms with van der Waals surface area (Å²) in [6.45, 7) is 2.06. The molecule has 1 unspecified atom stereocenters. The summed E-state index contributed by atoms with van der Waals surface area (Å²) in [7, 11) is 0. The first-order valence-electron chi connectivity index (χ1n) is 11.9. The molecule has 0 saturated carbocycles. The van der Waals surface area contributed by atoms with Crippen LogP contribution in [-0.4, -0.2) is 10.8 Å². The number of rotatable bonds is 5. The Kier molecular flexibility index (Phi) is 6.10. The predicted molar refractivity (Wildman–Crippen MR) is 148 cm³/mol. The van der Waals surface area contributed by atoms with Crippen LogP contribution in [0.5, 0.6) is 0 Å². The zero-order chi connectivity index (χ0) is 25.3. The van der Waals surface area contributed by atoms with Crippen molar-refractivity contribution in [1.29, 1.82) is 0 Å². The van der Waals surface area contributed by atoms with Crippen LogP contribution in [0, 0.1) is 6.92 Å². The number of aliphatic hydroxyl groups is 1. The molecule has 0 spiro atoms. The minimum atomic E-state index is -1.37. The third kappa shape index (κ3) is 4.26. The second-order valence-electron chi connectivity index (χ2n) is 9.27.